The number of pyridine rings is 1. The second kappa shape index (κ2) is 4.94. The first-order valence-electron chi connectivity index (χ1n) is 5.41. The van der Waals surface area contributed by atoms with Crippen molar-refractivity contribution in [3.8, 4) is 0 Å². The van der Waals surface area contributed by atoms with Gasteiger partial charge in [0, 0.05) is 12.4 Å². The van der Waals surface area contributed by atoms with Gasteiger partial charge in [0.05, 0.1) is 12.3 Å². The van der Waals surface area contributed by atoms with E-state index in [2.05, 4.69) is 23.3 Å². The van der Waals surface area contributed by atoms with Crippen LogP contribution in [0.15, 0.2) is 41.3 Å². The number of nitrogens with one attached hydrogen (secondary N) is 1. The molecule has 1 atom stereocenters. The first kappa shape index (κ1) is 10.9. The van der Waals surface area contributed by atoms with Crippen molar-refractivity contribution in [1.29, 1.82) is 0 Å². The Balaban J connectivity index is 2.16. The molecule has 1 unspecified atom stereocenters. The van der Waals surface area contributed by atoms with Crippen molar-refractivity contribution in [3.63, 3.8) is 0 Å². The fourth-order valence-electron chi connectivity index (χ4n) is 1.82. The maximum atomic E-state index is 5.51. The van der Waals surface area contributed by atoms with Gasteiger partial charge in [-0.05, 0) is 43.7 Å². The molecule has 0 saturated heterocycles. The Morgan fingerprint density at radius 1 is 1.44 bits per heavy atom. The molecule has 2 aromatic heterocycles. The molecular weight excluding hydrogens is 200 g/mol. The van der Waals surface area contributed by atoms with Crippen molar-refractivity contribution < 1.29 is 4.42 Å². The number of aromatic nitrogens is 1. The van der Waals surface area contributed by atoms with Gasteiger partial charge in [0.15, 0.2) is 0 Å². The van der Waals surface area contributed by atoms with E-state index in [-0.39, 0.29) is 6.04 Å². The Kier molecular flexibility index (Phi) is 3.37. The van der Waals surface area contributed by atoms with Crippen LogP contribution in [-0.2, 0) is 6.42 Å². The fourth-order valence-corrected chi connectivity index (χ4v) is 1.82. The summed E-state index contributed by atoms with van der Waals surface area (Å²) in [6, 6.07) is 6.23. The van der Waals surface area contributed by atoms with Gasteiger partial charge in [0.2, 0.25) is 0 Å². The lowest BCUT2D eigenvalue weighted by molar-refractivity contribution is 0.426. The molecule has 0 spiro atoms. The third kappa shape index (κ3) is 2.31. The summed E-state index contributed by atoms with van der Waals surface area (Å²) in [5.74, 6) is 1.01. The predicted molar refractivity (Wildman–Crippen MR) is 63.2 cm³/mol. The molecule has 0 amide bonds. The Bertz CT molecular complexity index is 436. The lowest BCUT2D eigenvalue weighted by Crippen LogP contribution is -2.19. The third-order valence-corrected chi connectivity index (χ3v) is 2.73. The molecule has 2 rings (SSSR count). The number of hydrogen-bond donors (Lipinski definition) is 1. The van der Waals surface area contributed by atoms with Crippen molar-refractivity contribution in [2.45, 2.75) is 19.4 Å². The quantitative estimate of drug-likeness (QED) is 0.853. The van der Waals surface area contributed by atoms with Gasteiger partial charge < -0.3 is 9.73 Å². The summed E-state index contributed by atoms with van der Waals surface area (Å²) in [6.45, 7) is 2.06. The summed E-state index contributed by atoms with van der Waals surface area (Å²) in [5.41, 5.74) is 2.39. The summed E-state index contributed by atoms with van der Waals surface area (Å²) in [6.07, 6.45) is 6.30. The number of hydrogen-bond acceptors (Lipinski definition) is 3. The zero-order valence-electron chi connectivity index (χ0n) is 9.60. The zero-order valence-corrected chi connectivity index (χ0v) is 9.60. The molecule has 3 heteroatoms. The SMILES string of the molecule is CNC(Cc1cccnc1)c1occc1C. The van der Waals surface area contributed by atoms with Crippen LogP contribution in [0, 0.1) is 6.92 Å². The Hall–Kier alpha value is -1.61. The molecule has 0 aliphatic rings. The van der Waals surface area contributed by atoms with E-state index in [0.29, 0.717) is 0 Å². The average molecular weight is 216 g/mol. The first-order valence-corrected chi connectivity index (χ1v) is 5.41. The van der Waals surface area contributed by atoms with Gasteiger partial charge in [-0.2, -0.15) is 0 Å². The van der Waals surface area contributed by atoms with Gasteiger partial charge >= 0.3 is 0 Å². The van der Waals surface area contributed by atoms with E-state index in [0.717, 1.165) is 12.2 Å². The van der Waals surface area contributed by atoms with E-state index >= 15 is 0 Å². The van der Waals surface area contributed by atoms with Gasteiger partial charge in [-0.1, -0.05) is 6.07 Å². The molecule has 16 heavy (non-hydrogen) atoms. The molecule has 0 saturated carbocycles. The molecular formula is C13H16N2O. The molecule has 0 radical (unpaired) electrons. The standard InChI is InChI=1S/C13H16N2O/c1-10-5-7-16-13(10)12(14-2)8-11-4-3-6-15-9-11/h3-7,9,12,14H,8H2,1-2H3. The van der Waals surface area contributed by atoms with Crippen LogP contribution in [-0.4, -0.2) is 12.0 Å². The maximum Gasteiger partial charge on any atom is 0.123 e. The van der Waals surface area contributed by atoms with E-state index in [1.165, 1.54) is 11.1 Å². The summed E-state index contributed by atoms with van der Waals surface area (Å²) in [7, 11) is 1.95. The molecule has 2 heterocycles. The summed E-state index contributed by atoms with van der Waals surface area (Å²) >= 11 is 0. The number of nitrogens with zero attached hydrogens (tertiary/aromatic N) is 1. The van der Waals surface area contributed by atoms with Crippen LogP contribution >= 0.6 is 0 Å². The van der Waals surface area contributed by atoms with Gasteiger partial charge in [0.25, 0.3) is 0 Å². The second-order valence-electron chi connectivity index (χ2n) is 3.87. The number of likely N-dealkylation sites (N-methyl/N-ethyl adjacent to an activating group) is 1. The normalized spacial score (nSPS) is 12.6. The predicted octanol–water partition coefficient (Wildman–Crippen LogP) is 2.49. The van der Waals surface area contributed by atoms with E-state index in [1.807, 2.05) is 25.4 Å². The highest BCUT2D eigenvalue weighted by Gasteiger charge is 2.15. The Morgan fingerprint density at radius 2 is 2.31 bits per heavy atom. The summed E-state index contributed by atoms with van der Waals surface area (Å²) in [4.78, 5) is 4.12. The molecule has 0 aliphatic carbocycles. The minimum absolute atomic E-state index is 0.208. The highest BCUT2D eigenvalue weighted by molar-refractivity contribution is 5.21. The first-order chi connectivity index (χ1) is 7.81. The summed E-state index contributed by atoms with van der Waals surface area (Å²) in [5, 5.41) is 3.27. The van der Waals surface area contributed by atoms with Gasteiger partial charge in [-0.25, -0.2) is 0 Å². The zero-order chi connectivity index (χ0) is 11.4. The largest absolute Gasteiger partial charge is 0.467 e. The number of furan rings is 1. The van der Waals surface area contributed by atoms with E-state index in [9.17, 15) is 0 Å². The van der Waals surface area contributed by atoms with Crippen LogP contribution in [0.5, 0.6) is 0 Å². The van der Waals surface area contributed by atoms with E-state index < -0.39 is 0 Å². The monoisotopic (exact) mass is 216 g/mol. The minimum Gasteiger partial charge on any atom is -0.467 e. The maximum absolute atomic E-state index is 5.51. The Labute approximate surface area is 95.5 Å². The van der Waals surface area contributed by atoms with Crippen molar-refractivity contribution >= 4 is 0 Å². The third-order valence-electron chi connectivity index (χ3n) is 2.73. The van der Waals surface area contributed by atoms with Gasteiger partial charge in [0.1, 0.15) is 5.76 Å². The minimum atomic E-state index is 0.208. The smallest absolute Gasteiger partial charge is 0.123 e. The van der Waals surface area contributed by atoms with Crippen LogP contribution in [0.3, 0.4) is 0 Å². The van der Waals surface area contributed by atoms with Crippen LogP contribution in [0.25, 0.3) is 0 Å². The van der Waals surface area contributed by atoms with Crippen molar-refractivity contribution in [1.82, 2.24) is 10.3 Å². The van der Waals surface area contributed by atoms with Crippen LogP contribution in [0.4, 0.5) is 0 Å². The van der Waals surface area contributed by atoms with Crippen LogP contribution in [0.1, 0.15) is 22.9 Å². The van der Waals surface area contributed by atoms with Crippen molar-refractivity contribution in [2.75, 3.05) is 7.05 Å². The fraction of sp³-hybridized carbons (Fsp3) is 0.308. The number of aryl methyl sites for hydroxylation is 1. The molecule has 84 valence electrons. The number of rotatable bonds is 4. The molecule has 0 fully saturated rings. The van der Waals surface area contributed by atoms with Crippen molar-refractivity contribution in [3.05, 3.63) is 53.7 Å². The molecule has 1 N–H and O–H groups in total. The van der Waals surface area contributed by atoms with Crippen molar-refractivity contribution in [2.24, 2.45) is 0 Å². The molecule has 0 aliphatic heterocycles. The second-order valence-corrected chi connectivity index (χ2v) is 3.87. The molecule has 0 aromatic carbocycles. The highest BCUT2D eigenvalue weighted by Crippen LogP contribution is 2.21. The van der Waals surface area contributed by atoms with Gasteiger partial charge in [-0.15, -0.1) is 0 Å². The molecule has 0 bridgehead atoms. The van der Waals surface area contributed by atoms with Gasteiger partial charge in [-0.3, -0.25) is 4.98 Å². The highest BCUT2D eigenvalue weighted by atomic mass is 16.3. The molecule has 3 nitrogen and oxygen atoms in total. The van der Waals surface area contributed by atoms with E-state index in [4.69, 9.17) is 4.42 Å². The van der Waals surface area contributed by atoms with Crippen LogP contribution in [0.2, 0.25) is 0 Å². The molecule has 2 aromatic rings. The van der Waals surface area contributed by atoms with Crippen LogP contribution < -0.4 is 5.32 Å². The lowest BCUT2D eigenvalue weighted by atomic mass is 10.0. The summed E-state index contributed by atoms with van der Waals surface area (Å²) < 4.78 is 5.51. The lowest BCUT2D eigenvalue weighted by Gasteiger charge is -2.14. The van der Waals surface area contributed by atoms with E-state index in [1.54, 1.807) is 12.5 Å². The average Bonchev–Trinajstić information content (AvgIpc) is 2.74. The topological polar surface area (TPSA) is 38.1 Å². The Morgan fingerprint density at radius 3 is 2.88 bits per heavy atom.